The molecule has 1 aliphatic rings. The van der Waals surface area contributed by atoms with Gasteiger partial charge >= 0.3 is 0 Å². The molecule has 0 bridgehead atoms. The van der Waals surface area contributed by atoms with Gasteiger partial charge < -0.3 is 14.4 Å². The van der Waals surface area contributed by atoms with Crippen LogP contribution in [0.1, 0.15) is 24.4 Å². The molecule has 0 aromatic heterocycles. The Labute approximate surface area is 150 Å². The van der Waals surface area contributed by atoms with E-state index in [2.05, 4.69) is 24.1 Å². The lowest BCUT2D eigenvalue weighted by atomic mass is 10.0. The monoisotopic (exact) mass is 344 g/mol. The standard InChI is InChI=1S/C20H28N2O3/c1-5-11-21(12-6-2)20(23)15-22-13-7-8-17(22)16-9-10-18(24-3)19(14-16)25-4/h5-6,9-10,14,17H,1-2,7-8,11-13,15H2,3-4H3. The molecule has 1 aromatic rings. The highest BCUT2D eigenvalue weighted by molar-refractivity contribution is 5.78. The molecule has 1 fully saturated rings. The van der Waals surface area contributed by atoms with Gasteiger partial charge in [-0.3, -0.25) is 9.69 Å². The van der Waals surface area contributed by atoms with Crippen LogP contribution >= 0.6 is 0 Å². The van der Waals surface area contributed by atoms with Crippen LogP contribution in [0, 0.1) is 0 Å². The van der Waals surface area contributed by atoms with E-state index in [1.165, 1.54) is 0 Å². The smallest absolute Gasteiger partial charge is 0.237 e. The van der Waals surface area contributed by atoms with Crippen LogP contribution in [0.3, 0.4) is 0 Å². The van der Waals surface area contributed by atoms with E-state index in [9.17, 15) is 4.79 Å². The Morgan fingerprint density at radius 1 is 1.24 bits per heavy atom. The second kappa shape index (κ2) is 9.28. The van der Waals surface area contributed by atoms with Gasteiger partial charge in [0.2, 0.25) is 5.91 Å². The van der Waals surface area contributed by atoms with E-state index in [-0.39, 0.29) is 11.9 Å². The number of likely N-dealkylation sites (tertiary alicyclic amines) is 1. The molecule has 0 saturated carbocycles. The third kappa shape index (κ3) is 4.63. The fraction of sp³-hybridized carbons (Fsp3) is 0.450. The van der Waals surface area contributed by atoms with Crippen LogP contribution in [0.2, 0.25) is 0 Å². The lowest BCUT2D eigenvalue weighted by Gasteiger charge is -2.28. The summed E-state index contributed by atoms with van der Waals surface area (Å²) in [6.45, 7) is 9.86. The molecule has 1 aromatic carbocycles. The minimum atomic E-state index is 0.104. The Morgan fingerprint density at radius 2 is 1.92 bits per heavy atom. The zero-order chi connectivity index (χ0) is 18.2. The first-order valence-electron chi connectivity index (χ1n) is 8.60. The molecule has 1 aliphatic heterocycles. The fourth-order valence-electron chi connectivity index (χ4n) is 3.32. The number of nitrogens with zero attached hydrogens (tertiary/aromatic N) is 2. The van der Waals surface area contributed by atoms with Crippen LogP contribution in [0.25, 0.3) is 0 Å². The fourth-order valence-corrected chi connectivity index (χ4v) is 3.32. The Hall–Kier alpha value is -2.27. The van der Waals surface area contributed by atoms with Gasteiger partial charge in [-0.2, -0.15) is 0 Å². The summed E-state index contributed by atoms with van der Waals surface area (Å²) < 4.78 is 10.7. The summed E-state index contributed by atoms with van der Waals surface area (Å²) in [5.74, 6) is 1.54. The first kappa shape index (κ1) is 19.1. The van der Waals surface area contributed by atoms with Crippen molar-refractivity contribution >= 4 is 5.91 Å². The largest absolute Gasteiger partial charge is 0.493 e. The van der Waals surface area contributed by atoms with Crippen molar-refractivity contribution in [3.8, 4) is 11.5 Å². The van der Waals surface area contributed by atoms with Gasteiger partial charge in [0.25, 0.3) is 0 Å². The van der Waals surface area contributed by atoms with E-state index in [0.29, 0.717) is 19.6 Å². The molecule has 5 nitrogen and oxygen atoms in total. The predicted molar refractivity (Wildman–Crippen MR) is 100 cm³/mol. The summed E-state index contributed by atoms with van der Waals surface area (Å²) in [7, 11) is 3.27. The van der Waals surface area contributed by atoms with Crippen LogP contribution in [0.4, 0.5) is 0 Å². The highest BCUT2D eigenvalue weighted by atomic mass is 16.5. The summed E-state index contributed by atoms with van der Waals surface area (Å²) in [5.41, 5.74) is 1.15. The minimum absolute atomic E-state index is 0.104. The quantitative estimate of drug-likeness (QED) is 0.646. The topological polar surface area (TPSA) is 42.0 Å². The molecule has 0 radical (unpaired) electrons. The highest BCUT2D eigenvalue weighted by Gasteiger charge is 2.29. The molecule has 2 rings (SSSR count). The molecule has 136 valence electrons. The van der Waals surface area contributed by atoms with Gasteiger partial charge in [0, 0.05) is 19.1 Å². The van der Waals surface area contributed by atoms with E-state index in [0.717, 1.165) is 36.4 Å². The van der Waals surface area contributed by atoms with Crippen molar-refractivity contribution in [3.63, 3.8) is 0 Å². The molecule has 1 saturated heterocycles. The number of amides is 1. The molecule has 1 amide bonds. The first-order valence-corrected chi connectivity index (χ1v) is 8.60. The van der Waals surface area contributed by atoms with Crippen molar-refractivity contribution in [2.75, 3.05) is 40.4 Å². The zero-order valence-corrected chi connectivity index (χ0v) is 15.2. The number of hydrogen-bond donors (Lipinski definition) is 0. The van der Waals surface area contributed by atoms with Gasteiger partial charge in [-0.1, -0.05) is 18.2 Å². The molecule has 0 N–H and O–H groups in total. The number of methoxy groups -OCH3 is 2. The second-order valence-corrected chi connectivity index (χ2v) is 6.12. The van der Waals surface area contributed by atoms with E-state index in [4.69, 9.17) is 9.47 Å². The molecule has 5 heteroatoms. The van der Waals surface area contributed by atoms with Crippen LogP contribution in [-0.2, 0) is 4.79 Å². The third-order valence-electron chi connectivity index (χ3n) is 4.55. The van der Waals surface area contributed by atoms with Crippen molar-refractivity contribution < 1.29 is 14.3 Å². The van der Waals surface area contributed by atoms with Gasteiger partial charge in [0.15, 0.2) is 11.5 Å². The molecular weight excluding hydrogens is 316 g/mol. The van der Waals surface area contributed by atoms with Crippen molar-refractivity contribution in [3.05, 3.63) is 49.1 Å². The molecule has 25 heavy (non-hydrogen) atoms. The molecule has 1 unspecified atom stereocenters. The number of hydrogen-bond acceptors (Lipinski definition) is 4. The lowest BCUT2D eigenvalue weighted by molar-refractivity contribution is -0.131. The molecule has 0 spiro atoms. The highest BCUT2D eigenvalue weighted by Crippen LogP contribution is 2.36. The number of carbonyl (C=O) groups excluding carboxylic acids is 1. The van der Waals surface area contributed by atoms with Crippen molar-refractivity contribution in [2.24, 2.45) is 0 Å². The Bertz CT molecular complexity index is 605. The predicted octanol–water partition coefficient (Wildman–Crippen LogP) is 3.04. The van der Waals surface area contributed by atoms with E-state index < -0.39 is 0 Å². The van der Waals surface area contributed by atoms with Crippen LogP contribution < -0.4 is 9.47 Å². The molecular formula is C20H28N2O3. The molecule has 1 heterocycles. The molecule has 0 aliphatic carbocycles. The van der Waals surface area contributed by atoms with Gasteiger partial charge in [-0.05, 0) is 37.1 Å². The first-order chi connectivity index (χ1) is 12.1. The van der Waals surface area contributed by atoms with Gasteiger partial charge in [0.05, 0.1) is 20.8 Å². The SMILES string of the molecule is C=CCN(CC=C)C(=O)CN1CCCC1c1ccc(OC)c(OC)c1. The van der Waals surface area contributed by atoms with Crippen molar-refractivity contribution in [1.29, 1.82) is 0 Å². The van der Waals surface area contributed by atoms with Crippen LogP contribution in [0.15, 0.2) is 43.5 Å². The van der Waals surface area contributed by atoms with Crippen LogP contribution in [0.5, 0.6) is 11.5 Å². The van der Waals surface area contributed by atoms with Gasteiger partial charge in [-0.15, -0.1) is 13.2 Å². The van der Waals surface area contributed by atoms with Gasteiger partial charge in [-0.25, -0.2) is 0 Å². The van der Waals surface area contributed by atoms with E-state index in [1.54, 1.807) is 31.3 Å². The average Bonchev–Trinajstić information content (AvgIpc) is 3.08. The maximum atomic E-state index is 12.6. The lowest BCUT2D eigenvalue weighted by Crippen LogP contribution is -2.40. The number of rotatable bonds is 9. The Kier molecular flexibility index (Phi) is 7.07. The molecule has 1 atom stereocenters. The third-order valence-corrected chi connectivity index (χ3v) is 4.55. The Balaban J connectivity index is 2.13. The maximum absolute atomic E-state index is 12.6. The second-order valence-electron chi connectivity index (χ2n) is 6.12. The van der Waals surface area contributed by atoms with E-state index in [1.807, 2.05) is 12.1 Å². The van der Waals surface area contributed by atoms with Crippen LogP contribution in [-0.4, -0.2) is 56.1 Å². The summed E-state index contributed by atoms with van der Waals surface area (Å²) in [5, 5.41) is 0. The van der Waals surface area contributed by atoms with Gasteiger partial charge in [0.1, 0.15) is 0 Å². The number of carbonyl (C=O) groups is 1. The Morgan fingerprint density at radius 3 is 2.52 bits per heavy atom. The summed E-state index contributed by atoms with van der Waals surface area (Å²) in [6.07, 6.45) is 5.61. The van der Waals surface area contributed by atoms with Crippen molar-refractivity contribution in [2.45, 2.75) is 18.9 Å². The summed E-state index contributed by atoms with van der Waals surface area (Å²) in [6, 6.07) is 6.21. The minimum Gasteiger partial charge on any atom is -0.493 e. The summed E-state index contributed by atoms with van der Waals surface area (Å²) >= 11 is 0. The number of benzene rings is 1. The maximum Gasteiger partial charge on any atom is 0.237 e. The average molecular weight is 344 g/mol. The summed E-state index contributed by atoms with van der Waals surface area (Å²) in [4.78, 5) is 16.6. The zero-order valence-electron chi connectivity index (χ0n) is 15.2. The van der Waals surface area contributed by atoms with Crippen molar-refractivity contribution in [1.82, 2.24) is 9.80 Å². The normalized spacial score (nSPS) is 17.1. The van der Waals surface area contributed by atoms with E-state index >= 15 is 0 Å². The number of ether oxygens (including phenoxy) is 2.